The second-order valence-corrected chi connectivity index (χ2v) is 6.48. The van der Waals surface area contributed by atoms with E-state index < -0.39 is 16.0 Å². The number of anilines is 1. The Balaban J connectivity index is 2.41. The maximum absolute atomic E-state index is 12.4. The van der Waals surface area contributed by atoms with Crippen molar-refractivity contribution in [3.8, 4) is 5.75 Å². The van der Waals surface area contributed by atoms with E-state index in [-0.39, 0.29) is 21.9 Å². The predicted molar refractivity (Wildman–Crippen MR) is 83.3 cm³/mol. The monoisotopic (exact) mass is 339 g/mol. The number of aromatic carboxylic acids is 1. The minimum atomic E-state index is -3.91. The van der Waals surface area contributed by atoms with Crippen LogP contribution in [0.5, 0.6) is 5.75 Å². The molecule has 9 heteroatoms. The van der Waals surface area contributed by atoms with Crippen LogP contribution in [-0.4, -0.2) is 36.3 Å². The molecule has 124 valence electrons. The van der Waals surface area contributed by atoms with Crippen LogP contribution in [0.25, 0.3) is 0 Å². The fraction of sp³-hybridized carbons (Fsp3) is 0.286. The number of carboxylic acid groups (broad SMARTS) is 1. The van der Waals surface area contributed by atoms with Crippen molar-refractivity contribution >= 4 is 21.7 Å². The van der Waals surface area contributed by atoms with Crippen LogP contribution < -0.4 is 9.46 Å². The summed E-state index contributed by atoms with van der Waals surface area (Å²) in [4.78, 5) is 11.1. The molecular weight excluding hydrogens is 322 g/mol. The topological polar surface area (TPSA) is 121 Å². The van der Waals surface area contributed by atoms with Crippen LogP contribution >= 0.6 is 0 Å². The smallest absolute Gasteiger partial charge is 0.335 e. The van der Waals surface area contributed by atoms with Gasteiger partial charge in [-0.05, 0) is 31.5 Å². The summed E-state index contributed by atoms with van der Waals surface area (Å²) in [6.45, 7) is 3.86. The highest BCUT2D eigenvalue weighted by Crippen LogP contribution is 2.29. The summed E-state index contributed by atoms with van der Waals surface area (Å²) in [5, 5.41) is 15.3. The van der Waals surface area contributed by atoms with Crippen LogP contribution in [0.1, 0.15) is 29.4 Å². The number of carboxylic acids is 1. The summed E-state index contributed by atoms with van der Waals surface area (Å²) in [5.41, 5.74) is 0.400. The Kier molecular flexibility index (Phi) is 4.89. The van der Waals surface area contributed by atoms with Gasteiger partial charge in [-0.15, -0.1) is 0 Å². The van der Waals surface area contributed by atoms with Crippen LogP contribution in [0.2, 0.25) is 0 Å². The molecule has 0 bridgehead atoms. The summed E-state index contributed by atoms with van der Waals surface area (Å²) in [5.74, 6) is -0.895. The fourth-order valence-corrected chi connectivity index (χ4v) is 3.09. The molecule has 3 N–H and O–H groups in total. The summed E-state index contributed by atoms with van der Waals surface area (Å²) in [6.07, 6.45) is 1.92. The number of aryl methyl sites for hydroxylation is 1. The molecular formula is C14H17N3O5S. The third-order valence-electron chi connectivity index (χ3n) is 3.01. The maximum atomic E-state index is 12.4. The number of nitrogens with zero attached hydrogens (tertiary/aromatic N) is 1. The molecule has 2 aromatic rings. The number of rotatable bonds is 7. The molecule has 23 heavy (non-hydrogen) atoms. The zero-order valence-corrected chi connectivity index (χ0v) is 13.5. The van der Waals surface area contributed by atoms with Crippen LogP contribution in [0.15, 0.2) is 29.3 Å². The van der Waals surface area contributed by atoms with Crippen LogP contribution in [0, 0.1) is 6.92 Å². The fourth-order valence-electron chi connectivity index (χ4n) is 1.89. The lowest BCUT2D eigenvalue weighted by atomic mass is 10.2. The van der Waals surface area contributed by atoms with E-state index in [2.05, 4.69) is 14.9 Å². The van der Waals surface area contributed by atoms with Crippen molar-refractivity contribution in [3.05, 3.63) is 35.7 Å². The number of hydrogen-bond donors (Lipinski definition) is 3. The Morgan fingerprint density at radius 1 is 1.43 bits per heavy atom. The van der Waals surface area contributed by atoms with E-state index >= 15 is 0 Å². The molecule has 0 saturated heterocycles. The van der Waals surface area contributed by atoms with Gasteiger partial charge in [-0.25, -0.2) is 13.2 Å². The number of nitrogens with one attached hydrogen (secondary N) is 2. The van der Waals surface area contributed by atoms with Gasteiger partial charge in [0.25, 0.3) is 10.0 Å². The molecule has 8 nitrogen and oxygen atoms in total. The van der Waals surface area contributed by atoms with Crippen LogP contribution in [-0.2, 0) is 10.0 Å². The van der Waals surface area contributed by atoms with Crippen molar-refractivity contribution in [3.63, 3.8) is 0 Å². The molecule has 2 rings (SSSR count). The van der Waals surface area contributed by atoms with Crippen molar-refractivity contribution in [1.29, 1.82) is 0 Å². The van der Waals surface area contributed by atoms with Gasteiger partial charge < -0.3 is 9.84 Å². The average Bonchev–Trinajstić information content (AvgIpc) is 2.92. The molecule has 1 heterocycles. The first kappa shape index (κ1) is 16.8. The number of aromatic nitrogens is 2. The van der Waals surface area contributed by atoms with Gasteiger partial charge in [0.05, 0.1) is 29.7 Å². The van der Waals surface area contributed by atoms with E-state index in [0.29, 0.717) is 12.3 Å². The first-order valence-corrected chi connectivity index (χ1v) is 8.36. The zero-order chi connectivity index (χ0) is 17.0. The molecule has 1 aromatic carbocycles. The number of carbonyl (C=O) groups is 1. The van der Waals surface area contributed by atoms with Gasteiger partial charge in [0, 0.05) is 0 Å². The largest absolute Gasteiger partial charge is 0.491 e. The molecule has 0 atom stereocenters. The number of ether oxygens (including phenoxy) is 1. The van der Waals surface area contributed by atoms with Crippen molar-refractivity contribution in [2.75, 3.05) is 11.3 Å². The maximum Gasteiger partial charge on any atom is 0.335 e. The molecule has 0 aliphatic carbocycles. The third kappa shape index (κ3) is 3.81. The standard InChI is InChI=1S/C14H17N3O5S/c1-3-6-22-12-5-4-10(14(18)19)7-11(12)17-23(20,21)13-8-15-16-9(13)2/h4-5,7-8,17H,3,6H2,1-2H3,(H,15,16)(H,18,19). The molecule has 0 radical (unpaired) electrons. The number of sulfonamides is 1. The van der Waals surface area contributed by atoms with Crippen molar-refractivity contribution < 1.29 is 23.1 Å². The van der Waals surface area contributed by atoms with E-state index in [1.165, 1.54) is 24.4 Å². The number of benzene rings is 1. The highest BCUT2D eigenvalue weighted by atomic mass is 32.2. The van der Waals surface area contributed by atoms with Gasteiger partial charge in [0.15, 0.2) is 0 Å². The molecule has 0 saturated carbocycles. The normalized spacial score (nSPS) is 11.2. The van der Waals surface area contributed by atoms with Gasteiger partial charge in [-0.1, -0.05) is 6.92 Å². The molecule has 0 fully saturated rings. The summed E-state index contributed by atoms with van der Waals surface area (Å²) in [6, 6.07) is 4.01. The highest BCUT2D eigenvalue weighted by molar-refractivity contribution is 7.92. The van der Waals surface area contributed by atoms with E-state index in [9.17, 15) is 13.2 Å². The molecule has 1 aromatic heterocycles. The van der Waals surface area contributed by atoms with E-state index in [4.69, 9.17) is 9.84 Å². The SMILES string of the molecule is CCCOc1ccc(C(=O)O)cc1NS(=O)(=O)c1cn[nH]c1C. The first-order valence-electron chi connectivity index (χ1n) is 6.88. The second kappa shape index (κ2) is 6.69. The van der Waals surface area contributed by atoms with Gasteiger partial charge in [0.1, 0.15) is 10.6 Å². The molecule has 0 aliphatic heterocycles. The van der Waals surface area contributed by atoms with Crippen molar-refractivity contribution in [2.24, 2.45) is 0 Å². The van der Waals surface area contributed by atoms with Crippen molar-refractivity contribution in [2.45, 2.75) is 25.2 Å². The second-order valence-electron chi connectivity index (χ2n) is 4.83. The quantitative estimate of drug-likeness (QED) is 0.709. The number of H-pyrrole nitrogens is 1. The van der Waals surface area contributed by atoms with Crippen LogP contribution in [0.4, 0.5) is 5.69 Å². The van der Waals surface area contributed by atoms with Gasteiger partial charge >= 0.3 is 5.97 Å². The number of aromatic amines is 1. The Labute approximate surface area is 133 Å². The minimum absolute atomic E-state index is 0.0142. The third-order valence-corrected chi connectivity index (χ3v) is 4.48. The van der Waals surface area contributed by atoms with E-state index in [1.807, 2.05) is 6.92 Å². The summed E-state index contributed by atoms with van der Waals surface area (Å²) < 4.78 is 32.7. The molecule has 0 unspecified atom stereocenters. The van der Waals surface area contributed by atoms with Crippen LogP contribution in [0.3, 0.4) is 0 Å². The lowest BCUT2D eigenvalue weighted by molar-refractivity contribution is 0.0697. The Hall–Kier alpha value is -2.55. The molecule has 0 amide bonds. The average molecular weight is 339 g/mol. The Morgan fingerprint density at radius 2 is 2.17 bits per heavy atom. The van der Waals surface area contributed by atoms with Gasteiger partial charge in [0.2, 0.25) is 0 Å². The van der Waals surface area contributed by atoms with Gasteiger partial charge in [-0.3, -0.25) is 9.82 Å². The van der Waals surface area contributed by atoms with Crippen molar-refractivity contribution in [1.82, 2.24) is 10.2 Å². The first-order chi connectivity index (χ1) is 10.8. The minimum Gasteiger partial charge on any atom is -0.491 e. The number of hydrogen-bond acceptors (Lipinski definition) is 5. The van der Waals surface area contributed by atoms with Gasteiger partial charge in [-0.2, -0.15) is 5.10 Å². The molecule has 0 aliphatic rings. The lowest BCUT2D eigenvalue weighted by Gasteiger charge is -2.13. The molecule has 0 spiro atoms. The Morgan fingerprint density at radius 3 is 2.74 bits per heavy atom. The zero-order valence-electron chi connectivity index (χ0n) is 12.7. The predicted octanol–water partition coefficient (Wildman–Crippen LogP) is 2.01. The van der Waals surface area contributed by atoms with E-state index in [1.54, 1.807) is 6.92 Å². The lowest BCUT2D eigenvalue weighted by Crippen LogP contribution is -2.15. The van der Waals surface area contributed by atoms with E-state index in [0.717, 1.165) is 6.42 Å². The highest BCUT2D eigenvalue weighted by Gasteiger charge is 2.21. The summed E-state index contributed by atoms with van der Waals surface area (Å²) >= 11 is 0. The summed E-state index contributed by atoms with van der Waals surface area (Å²) in [7, 11) is -3.91. The Bertz CT molecular complexity index is 814.